The molecule has 1 N–H and O–H groups in total. The molecule has 2 aromatic carbocycles. The van der Waals surface area contributed by atoms with Crippen molar-refractivity contribution in [1.82, 2.24) is 5.32 Å². The lowest BCUT2D eigenvalue weighted by Gasteiger charge is -2.07. The molecule has 19 heavy (non-hydrogen) atoms. The lowest BCUT2D eigenvalue weighted by Crippen LogP contribution is -2.23. The first-order chi connectivity index (χ1) is 9.20. The van der Waals surface area contributed by atoms with Crippen LogP contribution >= 0.6 is 38.5 Å². The molecule has 4 heteroatoms. The average molecular weight is 430 g/mol. The third kappa shape index (κ3) is 4.04. The highest BCUT2D eigenvalue weighted by Gasteiger charge is 2.08. The molecule has 0 bridgehead atoms. The second-order valence-electron chi connectivity index (χ2n) is 4.12. The average Bonchev–Trinajstić information content (AvgIpc) is 2.45. The SMILES string of the molecule is O=C(NCc1cccc(CBr)c1)c1ccccc1I. The Morgan fingerprint density at radius 1 is 1.11 bits per heavy atom. The van der Waals surface area contributed by atoms with Crippen LogP contribution in [0.5, 0.6) is 0 Å². The smallest absolute Gasteiger partial charge is 0.252 e. The first kappa shape index (κ1) is 14.5. The normalized spacial score (nSPS) is 10.2. The molecule has 2 rings (SSSR count). The molecular formula is C15H13BrINO. The van der Waals surface area contributed by atoms with Gasteiger partial charge < -0.3 is 5.32 Å². The Bertz CT molecular complexity index is 586. The number of carbonyl (C=O) groups is 1. The summed E-state index contributed by atoms with van der Waals surface area (Å²) in [6.07, 6.45) is 0. The standard InChI is InChI=1S/C15H13BrINO/c16-9-11-4-3-5-12(8-11)10-18-15(19)13-6-1-2-7-14(13)17/h1-8H,9-10H2,(H,18,19). The van der Waals surface area contributed by atoms with E-state index in [0.29, 0.717) is 6.54 Å². The predicted octanol–water partition coefficient (Wildman–Crippen LogP) is 4.12. The van der Waals surface area contributed by atoms with Gasteiger partial charge in [-0.05, 0) is 45.9 Å². The number of hydrogen-bond acceptors (Lipinski definition) is 1. The van der Waals surface area contributed by atoms with Gasteiger partial charge in [0.05, 0.1) is 5.56 Å². The van der Waals surface area contributed by atoms with Crippen molar-refractivity contribution in [2.24, 2.45) is 0 Å². The molecule has 0 aliphatic rings. The molecule has 0 aromatic heterocycles. The van der Waals surface area contributed by atoms with Gasteiger partial charge in [0.25, 0.3) is 5.91 Å². The van der Waals surface area contributed by atoms with Crippen molar-refractivity contribution in [2.75, 3.05) is 0 Å². The fourth-order valence-electron chi connectivity index (χ4n) is 1.75. The molecule has 0 unspecified atom stereocenters. The van der Waals surface area contributed by atoms with Gasteiger partial charge in [-0.2, -0.15) is 0 Å². The lowest BCUT2D eigenvalue weighted by molar-refractivity contribution is 0.0950. The number of hydrogen-bond donors (Lipinski definition) is 1. The second-order valence-corrected chi connectivity index (χ2v) is 5.84. The van der Waals surface area contributed by atoms with Crippen molar-refractivity contribution in [2.45, 2.75) is 11.9 Å². The number of alkyl halides is 1. The molecule has 0 saturated heterocycles. The first-order valence-electron chi connectivity index (χ1n) is 5.87. The Labute approximate surface area is 134 Å². The van der Waals surface area contributed by atoms with E-state index < -0.39 is 0 Å². The Kier molecular flexibility index (Phi) is 5.39. The highest BCUT2D eigenvalue weighted by atomic mass is 127. The van der Waals surface area contributed by atoms with E-state index in [1.165, 1.54) is 5.56 Å². The van der Waals surface area contributed by atoms with Gasteiger partial charge in [-0.15, -0.1) is 0 Å². The number of benzene rings is 2. The van der Waals surface area contributed by atoms with Gasteiger partial charge >= 0.3 is 0 Å². The molecule has 2 aromatic rings. The van der Waals surface area contributed by atoms with Crippen molar-refractivity contribution < 1.29 is 4.79 Å². The van der Waals surface area contributed by atoms with Crippen molar-refractivity contribution in [1.29, 1.82) is 0 Å². The first-order valence-corrected chi connectivity index (χ1v) is 8.07. The fraction of sp³-hybridized carbons (Fsp3) is 0.133. The van der Waals surface area contributed by atoms with E-state index in [2.05, 4.69) is 56.0 Å². The topological polar surface area (TPSA) is 29.1 Å². The summed E-state index contributed by atoms with van der Waals surface area (Å²) in [6, 6.07) is 15.7. The molecule has 2 nitrogen and oxygen atoms in total. The molecule has 0 atom stereocenters. The van der Waals surface area contributed by atoms with Crippen molar-refractivity contribution in [3.63, 3.8) is 0 Å². The van der Waals surface area contributed by atoms with Crippen molar-refractivity contribution in [3.8, 4) is 0 Å². The zero-order chi connectivity index (χ0) is 13.7. The summed E-state index contributed by atoms with van der Waals surface area (Å²) in [4.78, 5) is 12.1. The van der Waals surface area contributed by atoms with Crippen LogP contribution in [-0.4, -0.2) is 5.91 Å². The van der Waals surface area contributed by atoms with Crippen LogP contribution in [-0.2, 0) is 11.9 Å². The van der Waals surface area contributed by atoms with E-state index in [9.17, 15) is 4.79 Å². The number of rotatable bonds is 4. The zero-order valence-corrected chi connectivity index (χ0v) is 13.9. The largest absolute Gasteiger partial charge is 0.348 e. The van der Waals surface area contributed by atoms with Crippen LogP contribution in [0.4, 0.5) is 0 Å². The van der Waals surface area contributed by atoms with E-state index >= 15 is 0 Å². The minimum atomic E-state index is -0.0331. The van der Waals surface area contributed by atoms with E-state index in [4.69, 9.17) is 0 Å². The summed E-state index contributed by atoms with van der Waals surface area (Å²) in [7, 11) is 0. The van der Waals surface area contributed by atoms with Crippen LogP contribution < -0.4 is 5.32 Å². The van der Waals surface area contributed by atoms with Gasteiger partial charge in [-0.3, -0.25) is 4.79 Å². The summed E-state index contributed by atoms with van der Waals surface area (Å²) in [5.41, 5.74) is 3.04. The van der Waals surface area contributed by atoms with E-state index in [-0.39, 0.29) is 5.91 Å². The van der Waals surface area contributed by atoms with Crippen LogP contribution in [0.2, 0.25) is 0 Å². The summed E-state index contributed by atoms with van der Waals surface area (Å²) in [6.45, 7) is 0.546. The predicted molar refractivity (Wildman–Crippen MR) is 89.4 cm³/mol. The Morgan fingerprint density at radius 3 is 2.58 bits per heavy atom. The van der Waals surface area contributed by atoms with Gasteiger partial charge in [0.1, 0.15) is 0 Å². The maximum absolute atomic E-state index is 12.1. The lowest BCUT2D eigenvalue weighted by atomic mass is 10.1. The zero-order valence-electron chi connectivity index (χ0n) is 10.2. The molecule has 0 aliphatic heterocycles. The molecule has 0 heterocycles. The molecule has 0 radical (unpaired) electrons. The Hall–Kier alpha value is -0.880. The van der Waals surface area contributed by atoms with Crippen LogP contribution in [0.1, 0.15) is 21.5 Å². The van der Waals surface area contributed by atoms with Gasteiger partial charge in [-0.1, -0.05) is 52.3 Å². The number of halogens is 2. The third-order valence-electron chi connectivity index (χ3n) is 2.72. The monoisotopic (exact) mass is 429 g/mol. The maximum Gasteiger partial charge on any atom is 0.252 e. The molecule has 1 amide bonds. The van der Waals surface area contributed by atoms with Crippen LogP contribution in [0.3, 0.4) is 0 Å². The van der Waals surface area contributed by atoms with Gasteiger partial charge in [0, 0.05) is 15.4 Å². The molecule has 98 valence electrons. The van der Waals surface area contributed by atoms with Crippen LogP contribution in [0.15, 0.2) is 48.5 Å². The molecular weight excluding hydrogens is 417 g/mol. The molecule has 0 aliphatic carbocycles. The maximum atomic E-state index is 12.1. The molecule has 0 spiro atoms. The summed E-state index contributed by atoms with van der Waals surface area (Å²) < 4.78 is 0.965. The number of amides is 1. The minimum absolute atomic E-state index is 0.0331. The fourth-order valence-corrected chi connectivity index (χ4v) is 2.73. The quantitative estimate of drug-likeness (QED) is 0.575. The Morgan fingerprint density at radius 2 is 1.84 bits per heavy atom. The van der Waals surface area contributed by atoms with E-state index in [1.54, 1.807) is 0 Å². The van der Waals surface area contributed by atoms with Crippen molar-refractivity contribution >= 4 is 44.4 Å². The Balaban J connectivity index is 2.02. The summed E-state index contributed by atoms with van der Waals surface area (Å²) in [5, 5.41) is 3.77. The van der Waals surface area contributed by atoms with Gasteiger partial charge in [0.2, 0.25) is 0 Å². The molecule has 0 saturated carbocycles. The third-order valence-corrected chi connectivity index (χ3v) is 4.31. The highest BCUT2D eigenvalue weighted by Crippen LogP contribution is 2.12. The van der Waals surface area contributed by atoms with E-state index in [0.717, 1.165) is 20.0 Å². The van der Waals surface area contributed by atoms with Gasteiger partial charge in [-0.25, -0.2) is 0 Å². The second kappa shape index (κ2) is 7.05. The van der Waals surface area contributed by atoms with Crippen molar-refractivity contribution in [3.05, 3.63) is 68.8 Å². The number of carbonyl (C=O) groups excluding carboxylic acids is 1. The van der Waals surface area contributed by atoms with Crippen LogP contribution in [0.25, 0.3) is 0 Å². The number of nitrogens with one attached hydrogen (secondary N) is 1. The highest BCUT2D eigenvalue weighted by molar-refractivity contribution is 14.1. The van der Waals surface area contributed by atoms with Gasteiger partial charge in [0.15, 0.2) is 0 Å². The summed E-state index contributed by atoms with van der Waals surface area (Å²) in [5.74, 6) is -0.0331. The van der Waals surface area contributed by atoms with Crippen LogP contribution in [0, 0.1) is 3.57 Å². The minimum Gasteiger partial charge on any atom is -0.348 e. The summed E-state index contributed by atoms with van der Waals surface area (Å²) >= 11 is 5.60. The van der Waals surface area contributed by atoms with E-state index in [1.807, 2.05) is 36.4 Å². The molecule has 0 fully saturated rings.